The zero-order valence-electron chi connectivity index (χ0n) is 12.5. The van der Waals surface area contributed by atoms with E-state index in [9.17, 15) is 4.79 Å². The van der Waals surface area contributed by atoms with Gasteiger partial charge in [-0.15, -0.1) is 0 Å². The molecule has 1 aromatic rings. The fourth-order valence-corrected chi connectivity index (χ4v) is 2.79. The molecule has 1 aromatic heterocycles. The Morgan fingerprint density at radius 2 is 1.95 bits per heavy atom. The molecule has 1 N–H and O–H groups in total. The van der Waals surface area contributed by atoms with E-state index in [1.54, 1.807) is 0 Å². The normalized spacial score (nSPS) is 13.9. The van der Waals surface area contributed by atoms with Gasteiger partial charge in [0, 0.05) is 6.61 Å². The predicted molar refractivity (Wildman–Crippen MR) is 85.5 cm³/mol. The van der Waals surface area contributed by atoms with Crippen molar-refractivity contribution in [2.45, 2.75) is 53.6 Å². The molecule has 0 aromatic carbocycles. The molecule has 0 aliphatic carbocycles. The highest BCUT2D eigenvalue weighted by molar-refractivity contribution is 14.1. The van der Waals surface area contributed by atoms with Gasteiger partial charge >= 0.3 is 0 Å². The Kier molecular flexibility index (Phi) is 5.55. The van der Waals surface area contributed by atoms with Crippen LogP contribution in [0.5, 0.6) is 0 Å². The van der Waals surface area contributed by atoms with Crippen LogP contribution >= 0.6 is 22.6 Å². The largest absolute Gasteiger partial charge is 0.370 e. The van der Waals surface area contributed by atoms with Crippen LogP contribution in [0.4, 0.5) is 0 Å². The highest BCUT2D eigenvalue weighted by Crippen LogP contribution is 2.34. The predicted octanol–water partition coefficient (Wildman–Crippen LogP) is 3.62. The van der Waals surface area contributed by atoms with Crippen LogP contribution in [0.3, 0.4) is 0 Å². The molecule has 0 fully saturated rings. The lowest BCUT2D eigenvalue weighted by molar-refractivity contribution is -0.0194. The molecule has 0 saturated carbocycles. The number of rotatable bonds is 4. The molecule has 108 valence electrons. The monoisotopic (exact) mass is 378 g/mol. The molecule has 0 saturated heterocycles. The third-order valence-corrected chi connectivity index (χ3v) is 3.86. The number of aromatic amines is 1. The quantitative estimate of drug-likeness (QED) is 0.815. The second kappa shape index (κ2) is 6.35. The van der Waals surface area contributed by atoms with Crippen molar-refractivity contribution in [2.24, 2.45) is 5.41 Å². The van der Waals surface area contributed by atoms with E-state index in [4.69, 9.17) is 4.74 Å². The van der Waals surface area contributed by atoms with Crippen LogP contribution in [0.15, 0.2) is 4.79 Å². The van der Waals surface area contributed by atoms with Crippen LogP contribution in [0, 0.1) is 8.99 Å². The molecule has 1 atom stereocenters. The zero-order chi connectivity index (χ0) is 14.8. The summed E-state index contributed by atoms with van der Waals surface area (Å²) in [5, 5.41) is 0. The van der Waals surface area contributed by atoms with Gasteiger partial charge in [0.05, 0.1) is 9.26 Å². The Morgan fingerprint density at radius 1 is 1.37 bits per heavy atom. The number of halogens is 1. The zero-order valence-corrected chi connectivity index (χ0v) is 14.7. The summed E-state index contributed by atoms with van der Waals surface area (Å²) in [5.41, 5.74) is 0.643. The van der Waals surface area contributed by atoms with Crippen LogP contribution in [0.2, 0.25) is 0 Å². The first-order valence-electron chi connectivity index (χ1n) is 6.59. The molecule has 5 heteroatoms. The van der Waals surface area contributed by atoms with Gasteiger partial charge in [-0.1, -0.05) is 34.6 Å². The van der Waals surface area contributed by atoms with Gasteiger partial charge in [0.15, 0.2) is 0 Å². The van der Waals surface area contributed by atoms with Gasteiger partial charge in [0.2, 0.25) is 0 Å². The maximum Gasteiger partial charge on any atom is 0.264 e. The van der Waals surface area contributed by atoms with E-state index in [1.807, 2.05) is 20.8 Å². The fourth-order valence-electron chi connectivity index (χ4n) is 1.91. The van der Waals surface area contributed by atoms with Crippen molar-refractivity contribution in [1.29, 1.82) is 0 Å². The van der Waals surface area contributed by atoms with E-state index >= 15 is 0 Å². The number of ether oxygens (including phenoxy) is 1. The number of H-pyrrole nitrogens is 1. The summed E-state index contributed by atoms with van der Waals surface area (Å²) in [5.74, 6) is 0.846. The van der Waals surface area contributed by atoms with E-state index in [0.717, 1.165) is 5.69 Å². The summed E-state index contributed by atoms with van der Waals surface area (Å²) in [6, 6.07) is 0. The Balaban J connectivity index is 3.36. The smallest absolute Gasteiger partial charge is 0.264 e. The van der Waals surface area contributed by atoms with Crippen LogP contribution < -0.4 is 5.56 Å². The number of nitrogens with one attached hydrogen (secondary N) is 1. The molecule has 0 aliphatic heterocycles. The van der Waals surface area contributed by atoms with Gasteiger partial charge in [0.25, 0.3) is 5.56 Å². The minimum atomic E-state index is -0.209. The molecule has 0 radical (unpaired) electrons. The van der Waals surface area contributed by atoms with Gasteiger partial charge in [-0.2, -0.15) is 0 Å². The summed E-state index contributed by atoms with van der Waals surface area (Å²) in [6.07, 6.45) is -0.209. The molecular formula is C14H23IN2O2. The van der Waals surface area contributed by atoms with Gasteiger partial charge in [0.1, 0.15) is 11.9 Å². The molecule has 0 bridgehead atoms. The van der Waals surface area contributed by atoms with Gasteiger partial charge in [-0.3, -0.25) is 4.79 Å². The van der Waals surface area contributed by atoms with Crippen molar-refractivity contribution in [3.8, 4) is 0 Å². The Labute approximate surface area is 128 Å². The van der Waals surface area contributed by atoms with Gasteiger partial charge in [-0.25, -0.2) is 4.98 Å². The molecular weight excluding hydrogens is 355 g/mol. The summed E-state index contributed by atoms with van der Waals surface area (Å²) in [6.45, 7) is 12.9. The maximum absolute atomic E-state index is 12.0. The standard InChI is InChI=1S/C14H23IN2O2/c1-7-19-11(14(4,5)6)12-16-10(8(2)3)9(15)13(18)17-12/h8,11H,7H2,1-6H3,(H,16,17,18). The lowest BCUT2D eigenvalue weighted by atomic mass is 9.88. The third kappa shape index (κ3) is 4.02. The number of hydrogen-bond acceptors (Lipinski definition) is 3. The molecule has 0 aliphatic rings. The second-order valence-corrected chi connectivity index (χ2v) is 7.09. The minimum absolute atomic E-state index is 0.0803. The van der Waals surface area contributed by atoms with Gasteiger partial charge in [-0.05, 0) is 40.8 Å². The van der Waals surface area contributed by atoms with Crippen LogP contribution in [-0.4, -0.2) is 16.6 Å². The van der Waals surface area contributed by atoms with Crippen molar-refractivity contribution in [1.82, 2.24) is 9.97 Å². The molecule has 1 rings (SSSR count). The van der Waals surface area contributed by atoms with Crippen molar-refractivity contribution in [2.75, 3.05) is 6.61 Å². The van der Waals surface area contributed by atoms with E-state index in [-0.39, 0.29) is 23.0 Å². The minimum Gasteiger partial charge on any atom is -0.370 e. The van der Waals surface area contributed by atoms with Crippen LogP contribution in [0.25, 0.3) is 0 Å². The van der Waals surface area contributed by atoms with Crippen LogP contribution in [0.1, 0.15) is 65.1 Å². The summed E-state index contributed by atoms with van der Waals surface area (Å²) < 4.78 is 6.45. The maximum atomic E-state index is 12.0. The van der Waals surface area contributed by atoms with E-state index in [0.29, 0.717) is 16.0 Å². The lowest BCUT2D eigenvalue weighted by Gasteiger charge is -2.29. The van der Waals surface area contributed by atoms with E-state index in [2.05, 4.69) is 53.3 Å². The van der Waals surface area contributed by atoms with Crippen LogP contribution in [-0.2, 0) is 4.74 Å². The summed E-state index contributed by atoms with van der Waals surface area (Å²) in [7, 11) is 0. The summed E-state index contributed by atoms with van der Waals surface area (Å²) in [4.78, 5) is 19.5. The Morgan fingerprint density at radius 3 is 2.37 bits per heavy atom. The molecule has 4 nitrogen and oxygen atoms in total. The first kappa shape index (κ1) is 16.6. The number of hydrogen-bond donors (Lipinski definition) is 1. The lowest BCUT2D eigenvalue weighted by Crippen LogP contribution is -2.28. The topological polar surface area (TPSA) is 55.0 Å². The SMILES string of the molecule is CCOC(c1nc(C(C)C)c(I)c(=O)[nH]1)C(C)(C)C. The third-order valence-electron chi connectivity index (χ3n) is 2.82. The molecule has 0 spiro atoms. The van der Waals surface area contributed by atoms with Crippen molar-refractivity contribution < 1.29 is 4.74 Å². The average Bonchev–Trinajstić information content (AvgIpc) is 2.27. The van der Waals surface area contributed by atoms with Crippen molar-refractivity contribution >= 4 is 22.6 Å². The molecule has 0 amide bonds. The highest BCUT2D eigenvalue weighted by atomic mass is 127. The molecule has 19 heavy (non-hydrogen) atoms. The first-order valence-corrected chi connectivity index (χ1v) is 7.67. The number of aromatic nitrogens is 2. The van der Waals surface area contributed by atoms with Crippen molar-refractivity contribution in [3.05, 3.63) is 25.4 Å². The summed E-state index contributed by atoms with van der Waals surface area (Å²) >= 11 is 2.06. The molecule has 1 unspecified atom stereocenters. The van der Waals surface area contributed by atoms with E-state index < -0.39 is 0 Å². The Hall–Kier alpha value is -0.430. The fraction of sp³-hybridized carbons (Fsp3) is 0.714. The Bertz CT molecular complexity index is 489. The number of nitrogens with zero attached hydrogens (tertiary/aromatic N) is 1. The average molecular weight is 378 g/mol. The molecule has 1 heterocycles. The highest BCUT2D eigenvalue weighted by Gasteiger charge is 2.30. The van der Waals surface area contributed by atoms with E-state index in [1.165, 1.54) is 0 Å². The van der Waals surface area contributed by atoms with Gasteiger partial charge < -0.3 is 9.72 Å². The first-order chi connectivity index (χ1) is 8.68. The second-order valence-electron chi connectivity index (χ2n) is 6.01. The van der Waals surface area contributed by atoms with Crippen molar-refractivity contribution in [3.63, 3.8) is 0 Å².